The number of carbonyl (C=O) groups is 1. The van der Waals surface area contributed by atoms with Gasteiger partial charge in [0.15, 0.2) is 0 Å². The minimum atomic E-state index is -0.428. The minimum Gasteiger partial charge on any atom is -0.494 e. The third kappa shape index (κ3) is 5.60. The van der Waals surface area contributed by atoms with Crippen LogP contribution in [0.5, 0.6) is 11.5 Å². The number of benzene rings is 2. The summed E-state index contributed by atoms with van der Waals surface area (Å²) in [5.74, 6) is 2.45. The van der Waals surface area contributed by atoms with Gasteiger partial charge in [0.1, 0.15) is 11.5 Å². The lowest BCUT2D eigenvalue weighted by molar-refractivity contribution is 0.0734. The molecule has 1 aliphatic carbocycles. The Hall–Kier alpha value is -2.80. The number of hydrogen-bond acceptors (Lipinski definition) is 4. The van der Waals surface area contributed by atoms with E-state index in [0.717, 1.165) is 24.0 Å². The summed E-state index contributed by atoms with van der Waals surface area (Å²) in [4.78, 5) is 12.2. The number of esters is 1. The highest BCUT2D eigenvalue weighted by Crippen LogP contribution is 2.32. The van der Waals surface area contributed by atoms with Crippen molar-refractivity contribution in [3.05, 3.63) is 59.7 Å². The second-order valence-corrected chi connectivity index (χ2v) is 7.56. The molecule has 1 aliphatic rings. The Labute approximate surface area is 167 Å². The molecule has 0 radical (unpaired) electrons. The van der Waals surface area contributed by atoms with Crippen molar-refractivity contribution in [2.24, 2.45) is 11.8 Å². The van der Waals surface area contributed by atoms with Crippen molar-refractivity contribution in [2.45, 2.75) is 45.4 Å². The molecule has 2 unspecified atom stereocenters. The van der Waals surface area contributed by atoms with Gasteiger partial charge in [0.05, 0.1) is 23.8 Å². The van der Waals surface area contributed by atoms with Crippen LogP contribution in [-0.2, 0) is 0 Å². The number of nitrogens with zero attached hydrogens (tertiary/aromatic N) is 1. The Balaban J connectivity index is 1.43. The molecule has 4 nitrogen and oxygen atoms in total. The van der Waals surface area contributed by atoms with Crippen LogP contribution < -0.4 is 9.47 Å². The molecule has 0 aromatic heterocycles. The topological polar surface area (TPSA) is 59.3 Å². The second kappa shape index (κ2) is 9.94. The molecule has 2 aromatic rings. The molecule has 2 aromatic carbocycles. The van der Waals surface area contributed by atoms with Gasteiger partial charge in [-0.1, -0.05) is 32.6 Å². The van der Waals surface area contributed by atoms with Crippen LogP contribution >= 0.6 is 0 Å². The van der Waals surface area contributed by atoms with Gasteiger partial charge in [0.25, 0.3) is 0 Å². The number of carbonyl (C=O) groups excluding carboxylic acids is 1. The summed E-state index contributed by atoms with van der Waals surface area (Å²) in [6, 6.07) is 15.5. The van der Waals surface area contributed by atoms with E-state index in [1.807, 2.05) is 6.07 Å². The molecule has 4 heteroatoms. The highest BCUT2D eigenvalue weighted by molar-refractivity contribution is 5.91. The van der Waals surface area contributed by atoms with E-state index in [-0.39, 0.29) is 0 Å². The largest absolute Gasteiger partial charge is 0.494 e. The van der Waals surface area contributed by atoms with Gasteiger partial charge in [-0.2, -0.15) is 5.26 Å². The van der Waals surface area contributed by atoms with Crippen LogP contribution in [0.4, 0.5) is 0 Å². The molecule has 2 atom stereocenters. The average Bonchev–Trinajstić information content (AvgIpc) is 2.73. The molecule has 146 valence electrons. The van der Waals surface area contributed by atoms with E-state index in [1.165, 1.54) is 32.1 Å². The van der Waals surface area contributed by atoms with E-state index >= 15 is 0 Å². The van der Waals surface area contributed by atoms with Gasteiger partial charge in [-0.05, 0) is 73.2 Å². The third-order valence-electron chi connectivity index (χ3n) is 5.56. The van der Waals surface area contributed by atoms with Crippen LogP contribution in [0.3, 0.4) is 0 Å². The summed E-state index contributed by atoms with van der Waals surface area (Å²) in [6.07, 6.45) is 7.78. The van der Waals surface area contributed by atoms with E-state index in [0.29, 0.717) is 23.5 Å². The first-order valence-electron chi connectivity index (χ1n) is 10.1. The van der Waals surface area contributed by atoms with Crippen LogP contribution in [0.2, 0.25) is 0 Å². The molecule has 1 fully saturated rings. The van der Waals surface area contributed by atoms with Crippen molar-refractivity contribution in [1.82, 2.24) is 0 Å². The maximum absolute atomic E-state index is 12.2. The predicted octanol–water partition coefficient (Wildman–Crippen LogP) is 5.76. The van der Waals surface area contributed by atoms with Gasteiger partial charge in [-0.3, -0.25) is 0 Å². The van der Waals surface area contributed by atoms with E-state index in [1.54, 1.807) is 48.5 Å². The molecule has 0 aliphatic heterocycles. The molecule has 0 bridgehead atoms. The van der Waals surface area contributed by atoms with Crippen LogP contribution in [0, 0.1) is 23.2 Å². The van der Waals surface area contributed by atoms with Crippen LogP contribution in [-0.4, -0.2) is 12.6 Å². The fourth-order valence-electron chi connectivity index (χ4n) is 3.81. The molecule has 28 heavy (non-hydrogen) atoms. The highest BCUT2D eigenvalue weighted by atomic mass is 16.5. The summed E-state index contributed by atoms with van der Waals surface area (Å²) in [6.45, 7) is 3.08. The molecule has 3 rings (SSSR count). The highest BCUT2D eigenvalue weighted by Gasteiger charge is 2.20. The normalized spacial score (nSPS) is 18.9. The smallest absolute Gasteiger partial charge is 0.343 e. The quantitative estimate of drug-likeness (QED) is 0.349. The fraction of sp³-hybridized carbons (Fsp3) is 0.417. The molecule has 0 saturated heterocycles. The predicted molar refractivity (Wildman–Crippen MR) is 108 cm³/mol. The van der Waals surface area contributed by atoms with E-state index in [4.69, 9.17) is 14.7 Å². The van der Waals surface area contributed by atoms with Crippen molar-refractivity contribution < 1.29 is 14.3 Å². The Morgan fingerprint density at radius 1 is 1.04 bits per heavy atom. The van der Waals surface area contributed by atoms with E-state index in [2.05, 4.69) is 6.92 Å². The molecule has 1 saturated carbocycles. The molecular weight excluding hydrogens is 350 g/mol. The van der Waals surface area contributed by atoms with Crippen molar-refractivity contribution in [1.29, 1.82) is 5.26 Å². The number of hydrogen-bond donors (Lipinski definition) is 0. The minimum absolute atomic E-state index is 0.418. The lowest BCUT2D eigenvalue weighted by Gasteiger charge is -2.28. The van der Waals surface area contributed by atoms with Gasteiger partial charge in [0.2, 0.25) is 0 Å². The number of nitriles is 1. The zero-order chi connectivity index (χ0) is 19.8. The number of rotatable bonds is 7. The monoisotopic (exact) mass is 377 g/mol. The fourth-order valence-corrected chi connectivity index (χ4v) is 3.81. The summed E-state index contributed by atoms with van der Waals surface area (Å²) in [7, 11) is 0. The zero-order valence-electron chi connectivity index (χ0n) is 16.4. The standard InChI is InChI=1S/C24H27NO3/c1-18-5-2-3-6-20(18)7-4-16-27-22-14-10-21(11-15-22)24(26)28-23-12-8-19(17-25)9-13-23/h8-15,18,20H,2-7,16H2,1H3. The third-order valence-corrected chi connectivity index (χ3v) is 5.56. The van der Waals surface area contributed by atoms with Gasteiger partial charge in [0, 0.05) is 0 Å². The van der Waals surface area contributed by atoms with Crippen LogP contribution in [0.1, 0.15) is 61.4 Å². The lowest BCUT2D eigenvalue weighted by atomic mass is 9.78. The van der Waals surface area contributed by atoms with Gasteiger partial charge < -0.3 is 9.47 Å². The molecular formula is C24H27NO3. The van der Waals surface area contributed by atoms with Crippen LogP contribution in [0.25, 0.3) is 0 Å². The first-order chi connectivity index (χ1) is 13.7. The van der Waals surface area contributed by atoms with Crippen LogP contribution in [0.15, 0.2) is 48.5 Å². The summed E-state index contributed by atoms with van der Waals surface area (Å²) in [5.41, 5.74) is 0.993. The van der Waals surface area contributed by atoms with Crippen molar-refractivity contribution in [2.75, 3.05) is 6.61 Å². The SMILES string of the molecule is CC1CCCCC1CCCOc1ccc(C(=O)Oc2ccc(C#N)cc2)cc1. The number of ether oxygens (including phenoxy) is 2. The first kappa shape index (κ1) is 19.9. The Morgan fingerprint density at radius 3 is 2.39 bits per heavy atom. The van der Waals surface area contributed by atoms with Crippen molar-refractivity contribution >= 4 is 5.97 Å². The van der Waals surface area contributed by atoms with Gasteiger partial charge in [-0.15, -0.1) is 0 Å². The van der Waals surface area contributed by atoms with Crippen molar-refractivity contribution in [3.63, 3.8) is 0 Å². The Kier molecular flexibility index (Phi) is 7.08. The maximum atomic E-state index is 12.2. The lowest BCUT2D eigenvalue weighted by Crippen LogP contribution is -2.17. The molecule has 0 heterocycles. The Morgan fingerprint density at radius 2 is 1.71 bits per heavy atom. The Bertz CT molecular complexity index is 805. The van der Waals surface area contributed by atoms with Gasteiger partial charge in [-0.25, -0.2) is 4.79 Å². The molecule has 0 amide bonds. The zero-order valence-corrected chi connectivity index (χ0v) is 16.4. The first-order valence-corrected chi connectivity index (χ1v) is 10.1. The van der Waals surface area contributed by atoms with E-state index in [9.17, 15) is 4.79 Å². The molecule has 0 N–H and O–H groups in total. The van der Waals surface area contributed by atoms with E-state index < -0.39 is 5.97 Å². The average molecular weight is 377 g/mol. The van der Waals surface area contributed by atoms with Gasteiger partial charge >= 0.3 is 5.97 Å². The summed E-state index contributed by atoms with van der Waals surface area (Å²) in [5, 5.41) is 8.80. The summed E-state index contributed by atoms with van der Waals surface area (Å²) >= 11 is 0. The summed E-state index contributed by atoms with van der Waals surface area (Å²) < 4.78 is 11.2. The van der Waals surface area contributed by atoms with Crippen molar-refractivity contribution in [3.8, 4) is 17.6 Å². The maximum Gasteiger partial charge on any atom is 0.343 e. The second-order valence-electron chi connectivity index (χ2n) is 7.56. The molecule has 0 spiro atoms.